The van der Waals surface area contributed by atoms with Crippen LogP contribution >= 0.6 is 11.8 Å². The summed E-state index contributed by atoms with van der Waals surface area (Å²) in [5.41, 5.74) is 5.08. The Morgan fingerprint density at radius 2 is 2.33 bits per heavy atom. The fourth-order valence-electron chi connectivity index (χ4n) is 3.37. The molecule has 2 aliphatic heterocycles. The van der Waals surface area contributed by atoms with Gasteiger partial charge in [-0.1, -0.05) is 24.8 Å². The number of nitriles is 1. The highest BCUT2D eigenvalue weighted by Gasteiger charge is 2.50. The molecule has 1 amide bonds. The maximum Gasteiger partial charge on any atom is 0.275 e. The molecule has 0 aromatic heterocycles. The molecule has 3 atom stereocenters. The Morgan fingerprint density at radius 1 is 1.56 bits per heavy atom. The largest absolute Gasteiger partial charge is 0.379 e. The van der Waals surface area contributed by atoms with Gasteiger partial charge in [0.15, 0.2) is 5.17 Å². The summed E-state index contributed by atoms with van der Waals surface area (Å²) in [6.45, 7) is 1.65. The van der Waals surface area contributed by atoms with Gasteiger partial charge in [0.05, 0.1) is 6.61 Å². The number of carbonyl (C=O) groups is 1. The number of nitrogens with zero attached hydrogens (tertiary/aromatic N) is 3. The second kappa shape index (κ2) is 7.74. The summed E-state index contributed by atoms with van der Waals surface area (Å²) in [6.07, 6.45) is -0.234. The van der Waals surface area contributed by atoms with Crippen LogP contribution in [0.2, 0.25) is 0 Å². The molecule has 1 aromatic rings. The molecule has 2 aliphatic rings. The maximum atomic E-state index is 14.5. The number of fused-ring (bicyclic) bond motifs is 1. The lowest BCUT2D eigenvalue weighted by Crippen LogP contribution is -2.51. The average Bonchev–Trinajstić information content (AvgIpc) is 2.65. The van der Waals surface area contributed by atoms with Crippen molar-refractivity contribution < 1.29 is 18.3 Å². The molecule has 9 heteroatoms. The summed E-state index contributed by atoms with van der Waals surface area (Å²) in [6, 6.07) is 5.19. The molecule has 2 heterocycles. The highest BCUT2D eigenvalue weighted by molar-refractivity contribution is 8.13. The standard InChI is InChI=1S/C18H18F2N4O2S/c1-2-12(7-21)23-16(25)15-5-10-8-27-17(22)24-18(10,9-26-15)13-4-3-11(19)6-14(13)20/h3-4,6,10,15H,2,5,8-9H2,1H3,(H2,22,24)/b23-12+/t10-,15+,18-/m0/s1. The lowest BCUT2D eigenvalue weighted by atomic mass is 9.75. The number of carbonyl (C=O) groups excluding carboxylic acids is 1. The number of amides is 1. The van der Waals surface area contributed by atoms with Gasteiger partial charge in [0.1, 0.15) is 35.1 Å². The lowest BCUT2D eigenvalue weighted by Gasteiger charge is -2.45. The van der Waals surface area contributed by atoms with E-state index in [1.54, 1.807) is 6.92 Å². The third kappa shape index (κ3) is 3.73. The van der Waals surface area contributed by atoms with Gasteiger partial charge < -0.3 is 10.5 Å². The first kappa shape index (κ1) is 19.5. The normalized spacial score (nSPS) is 28.1. The van der Waals surface area contributed by atoms with Crippen LogP contribution in [-0.4, -0.2) is 35.3 Å². The maximum absolute atomic E-state index is 14.5. The van der Waals surface area contributed by atoms with Gasteiger partial charge in [0.2, 0.25) is 0 Å². The number of halogens is 2. The number of thioether (sulfide) groups is 1. The first-order valence-corrected chi connectivity index (χ1v) is 9.45. The fourth-order valence-corrected chi connectivity index (χ4v) is 4.38. The molecule has 0 bridgehead atoms. The van der Waals surface area contributed by atoms with E-state index in [2.05, 4.69) is 9.98 Å². The second-order valence-electron chi connectivity index (χ2n) is 6.40. The SMILES string of the molecule is CC/C(C#N)=N\C(=O)[C@H]1C[C@H]2CSC(N)=N[C@@]2(c2ccc(F)cc2F)CO1. The molecule has 0 aliphatic carbocycles. The van der Waals surface area contributed by atoms with Gasteiger partial charge in [-0.3, -0.25) is 4.79 Å². The summed E-state index contributed by atoms with van der Waals surface area (Å²) in [5.74, 6) is -1.68. The fraction of sp³-hybridized carbons (Fsp3) is 0.444. The van der Waals surface area contributed by atoms with E-state index in [1.807, 2.05) is 6.07 Å². The van der Waals surface area contributed by atoms with Crippen LogP contribution in [0.1, 0.15) is 25.3 Å². The summed E-state index contributed by atoms with van der Waals surface area (Å²) >= 11 is 1.32. The van der Waals surface area contributed by atoms with Crippen molar-refractivity contribution >= 4 is 28.5 Å². The zero-order valence-corrected chi connectivity index (χ0v) is 15.4. The minimum Gasteiger partial charge on any atom is -0.379 e. The Labute approximate surface area is 159 Å². The number of amidine groups is 1. The van der Waals surface area contributed by atoms with Crippen LogP contribution in [0.3, 0.4) is 0 Å². The van der Waals surface area contributed by atoms with E-state index in [9.17, 15) is 13.6 Å². The number of hydrogen-bond donors (Lipinski definition) is 1. The molecular weight excluding hydrogens is 374 g/mol. The predicted octanol–water partition coefficient (Wildman–Crippen LogP) is 2.53. The van der Waals surface area contributed by atoms with Crippen molar-refractivity contribution in [2.24, 2.45) is 21.6 Å². The van der Waals surface area contributed by atoms with E-state index >= 15 is 0 Å². The van der Waals surface area contributed by atoms with E-state index < -0.39 is 29.2 Å². The Bertz CT molecular complexity index is 867. The molecule has 1 saturated heterocycles. The first-order chi connectivity index (χ1) is 12.9. The van der Waals surface area contributed by atoms with E-state index in [0.717, 1.165) is 6.07 Å². The van der Waals surface area contributed by atoms with Crippen LogP contribution in [0, 0.1) is 28.9 Å². The number of nitrogens with two attached hydrogens (primary N) is 1. The molecular formula is C18H18F2N4O2S. The number of benzene rings is 1. The van der Waals surface area contributed by atoms with Crippen molar-refractivity contribution in [3.05, 3.63) is 35.4 Å². The third-order valence-electron chi connectivity index (χ3n) is 4.80. The molecule has 0 spiro atoms. The molecule has 2 N–H and O–H groups in total. The highest BCUT2D eigenvalue weighted by atomic mass is 32.2. The number of ether oxygens (including phenoxy) is 1. The first-order valence-electron chi connectivity index (χ1n) is 8.46. The minimum absolute atomic E-state index is 0.0819. The van der Waals surface area contributed by atoms with Gasteiger partial charge in [0, 0.05) is 23.3 Å². The summed E-state index contributed by atoms with van der Waals surface area (Å²) in [4.78, 5) is 20.6. The number of aliphatic imine (C=N–C) groups is 2. The monoisotopic (exact) mass is 392 g/mol. The molecule has 3 rings (SSSR count). The molecule has 0 saturated carbocycles. The molecule has 1 aromatic carbocycles. The van der Waals surface area contributed by atoms with Crippen LogP contribution in [-0.2, 0) is 15.1 Å². The quantitative estimate of drug-likeness (QED) is 0.797. The average molecular weight is 392 g/mol. The highest BCUT2D eigenvalue weighted by Crippen LogP contribution is 2.46. The van der Waals surface area contributed by atoms with Crippen LogP contribution in [0.15, 0.2) is 28.2 Å². The van der Waals surface area contributed by atoms with Crippen LogP contribution in [0.4, 0.5) is 8.78 Å². The molecule has 6 nitrogen and oxygen atoms in total. The van der Waals surface area contributed by atoms with E-state index in [-0.39, 0.29) is 30.2 Å². The Morgan fingerprint density at radius 3 is 3.00 bits per heavy atom. The second-order valence-corrected chi connectivity index (χ2v) is 7.44. The van der Waals surface area contributed by atoms with E-state index in [0.29, 0.717) is 17.3 Å². The lowest BCUT2D eigenvalue weighted by molar-refractivity contribution is -0.138. The minimum atomic E-state index is -1.11. The predicted molar refractivity (Wildman–Crippen MR) is 98.3 cm³/mol. The van der Waals surface area contributed by atoms with Crippen molar-refractivity contribution in [1.82, 2.24) is 0 Å². The van der Waals surface area contributed by atoms with Gasteiger partial charge >= 0.3 is 0 Å². The molecule has 27 heavy (non-hydrogen) atoms. The van der Waals surface area contributed by atoms with Crippen molar-refractivity contribution in [2.45, 2.75) is 31.4 Å². The van der Waals surface area contributed by atoms with Crippen molar-refractivity contribution in [3.8, 4) is 6.07 Å². The Hall–Kier alpha value is -2.31. The van der Waals surface area contributed by atoms with Crippen LogP contribution in [0.25, 0.3) is 0 Å². The Kier molecular flexibility index (Phi) is 5.58. The van der Waals surface area contributed by atoms with E-state index in [4.69, 9.17) is 15.7 Å². The molecule has 0 radical (unpaired) electrons. The van der Waals surface area contributed by atoms with Gasteiger partial charge in [-0.25, -0.2) is 18.8 Å². The molecule has 1 fully saturated rings. The van der Waals surface area contributed by atoms with Gasteiger partial charge in [0.25, 0.3) is 5.91 Å². The zero-order valence-electron chi connectivity index (χ0n) is 14.6. The zero-order chi connectivity index (χ0) is 19.6. The molecule has 0 unspecified atom stereocenters. The summed E-state index contributed by atoms with van der Waals surface area (Å²) in [5, 5.41) is 9.24. The number of hydrogen-bond acceptors (Lipinski definition) is 6. The summed E-state index contributed by atoms with van der Waals surface area (Å²) in [7, 11) is 0. The van der Waals surface area contributed by atoms with Crippen LogP contribution < -0.4 is 5.73 Å². The molecule has 142 valence electrons. The summed E-state index contributed by atoms with van der Waals surface area (Å²) < 4.78 is 33.5. The smallest absolute Gasteiger partial charge is 0.275 e. The van der Waals surface area contributed by atoms with Crippen molar-refractivity contribution in [3.63, 3.8) is 0 Å². The Balaban J connectivity index is 1.93. The third-order valence-corrected chi connectivity index (χ3v) is 5.76. The van der Waals surface area contributed by atoms with E-state index in [1.165, 1.54) is 23.9 Å². The van der Waals surface area contributed by atoms with Crippen molar-refractivity contribution in [2.75, 3.05) is 12.4 Å². The topological polar surface area (TPSA) is 101 Å². The van der Waals surface area contributed by atoms with Crippen LogP contribution in [0.5, 0.6) is 0 Å². The van der Waals surface area contributed by atoms with Crippen molar-refractivity contribution in [1.29, 1.82) is 5.26 Å². The van der Waals surface area contributed by atoms with Gasteiger partial charge in [-0.2, -0.15) is 5.26 Å². The number of rotatable bonds is 3. The van der Waals surface area contributed by atoms with Gasteiger partial charge in [-0.05, 0) is 18.9 Å². The van der Waals surface area contributed by atoms with Gasteiger partial charge in [-0.15, -0.1) is 0 Å².